The molecule has 0 aliphatic heterocycles. The Kier molecular flexibility index (Phi) is 3.71. The number of aromatic nitrogens is 2. The third-order valence-electron chi connectivity index (χ3n) is 3.76. The second-order valence-electron chi connectivity index (χ2n) is 5.08. The molecule has 5 nitrogen and oxygen atoms in total. The van der Waals surface area contributed by atoms with Gasteiger partial charge >= 0.3 is 0 Å². The van der Waals surface area contributed by atoms with Gasteiger partial charge in [0.05, 0.1) is 12.1 Å². The van der Waals surface area contributed by atoms with Crippen molar-refractivity contribution in [3.05, 3.63) is 11.9 Å². The molecule has 1 aliphatic rings. The molecular weight excluding hydrogens is 228 g/mol. The summed E-state index contributed by atoms with van der Waals surface area (Å²) in [4.78, 5) is 8.78. The zero-order valence-corrected chi connectivity index (χ0v) is 11.1. The lowest BCUT2D eigenvalue weighted by atomic mass is 9.94. The van der Waals surface area contributed by atoms with Crippen LogP contribution in [0.1, 0.15) is 51.3 Å². The van der Waals surface area contributed by atoms with Gasteiger partial charge in [0, 0.05) is 12.0 Å². The molecule has 0 unspecified atom stereocenters. The zero-order valence-electron chi connectivity index (χ0n) is 11.1. The summed E-state index contributed by atoms with van der Waals surface area (Å²) in [6, 6.07) is 1.74. The molecule has 1 heterocycles. The van der Waals surface area contributed by atoms with Crippen LogP contribution in [0.4, 0.5) is 11.6 Å². The highest BCUT2D eigenvalue weighted by Crippen LogP contribution is 2.38. The van der Waals surface area contributed by atoms with E-state index in [0.29, 0.717) is 11.7 Å². The van der Waals surface area contributed by atoms with Crippen LogP contribution in [-0.2, 0) is 0 Å². The minimum atomic E-state index is -0.318. The lowest BCUT2D eigenvalue weighted by Crippen LogP contribution is -2.41. The average molecular weight is 250 g/mol. The number of anilines is 2. The first-order valence-electron chi connectivity index (χ1n) is 6.66. The van der Waals surface area contributed by atoms with Crippen molar-refractivity contribution < 1.29 is 5.11 Å². The molecule has 0 spiro atoms. The molecule has 0 radical (unpaired) electrons. The first kappa shape index (κ1) is 13.1. The Labute approximate surface area is 108 Å². The molecule has 1 aromatic heterocycles. The van der Waals surface area contributed by atoms with Gasteiger partial charge in [0.1, 0.15) is 17.5 Å². The van der Waals surface area contributed by atoms with Gasteiger partial charge in [-0.25, -0.2) is 9.97 Å². The minimum absolute atomic E-state index is 0.0860. The van der Waals surface area contributed by atoms with E-state index in [-0.39, 0.29) is 12.1 Å². The summed E-state index contributed by atoms with van der Waals surface area (Å²) in [6.45, 7) is 4.20. The molecule has 0 atom stereocenters. The predicted molar refractivity (Wildman–Crippen MR) is 72.4 cm³/mol. The zero-order chi connectivity index (χ0) is 13.2. The highest BCUT2D eigenvalue weighted by molar-refractivity contribution is 5.47. The maximum absolute atomic E-state index is 9.56. The Morgan fingerprint density at radius 3 is 2.56 bits per heavy atom. The Bertz CT molecular complexity index is 405. The lowest BCUT2D eigenvalue weighted by molar-refractivity contribution is 0.202. The van der Waals surface area contributed by atoms with Gasteiger partial charge in [0.15, 0.2) is 0 Å². The molecule has 1 aliphatic carbocycles. The van der Waals surface area contributed by atoms with Crippen LogP contribution in [0.3, 0.4) is 0 Å². The minimum Gasteiger partial charge on any atom is -0.394 e. The van der Waals surface area contributed by atoms with Gasteiger partial charge in [-0.2, -0.15) is 0 Å². The first-order valence-corrected chi connectivity index (χ1v) is 6.66. The number of aliphatic hydroxyl groups is 1. The molecule has 1 aromatic rings. The van der Waals surface area contributed by atoms with Crippen molar-refractivity contribution in [1.29, 1.82) is 0 Å². The summed E-state index contributed by atoms with van der Waals surface area (Å²) in [5.41, 5.74) is 5.50. The summed E-state index contributed by atoms with van der Waals surface area (Å²) >= 11 is 0. The third kappa shape index (κ3) is 2.72. The van der Waals surface area contributed by atoms with E-state index in [1.54, 1.807) is 6.07 Å². The van der Waals surface area contributed by atoms with Crippen LogP contribution in [0, 0.1) is 0 Å². The van der Waals surface area contributed by atoms with Gasteiger partial charge in [0.2, 0.25) is 0 Å². The molecule has 5 heteroatoms. The van der Waals surface area contributed by atoms with Gasteiger partial charge in [-0.3, -0.25) is 0 Å². The summed E-state index contributed by atoms with van der Waals surface area (Å²) in [5, 5.41) is 12.9. The van der Waals surface area contributed by atoms with Gasteiger partial charge in [-0.15, -0.1) is 0 Å². The van der Waals surface area contributed by atoms with Crippen molar-refractivity contribution in [1.82, 2.24) is 9.97 Å². The van der Waals surface area contributed by atoms with Crippen LogP contribution < -0.4 is 11.1 Å². The highest BCUT2D eigenvalue weighted by Gasteiger charge is 2.29. The number of nitrogens with two attached hydrogens (primary N) is 1. The summed E-state index contributed by atoms with van der Waals surface area (Å²) < 4.78 is 0. The SMILES string of the molecule is CCC(CC)(CO)Nc1cc(N)nc(C2CC2)n1. The fraction of sp³-hybridized carbons (Fsp3) is 0.692. The fourth-order valence-electron chi connectivity index (χ4n) is 2.04. The second kappa shape index (κ2) is 5.10. The van der Waals surface area contributed by atoms with Gasteiger partial charge in [0.25, 0.3) is 0 Å². The predicted octanol–water partition coefficient (Wildman–Crippen LogP) is 1.90. The van der Waals surface area contributed by atoms with Crippen molar-refractivity contribution in [2.24, 2.45) is 0 Å². The Balaban J connectivity index is 2.21. The molecule has 0 bridgehead atoms. The van der Waals surface area contributed by atoms with Crippen LogP contribution in [-0.4, -0.2) is 27.2 Å². The van der Waals surface area contributed by atoms with Crippen LogP contribution in [0.5, 0.6) is 0 Å². The third-order valence-corrected chi connectivity index (χ3v) is 3.76. The van der Waals surface area contributed by atoms with Crippen LogP contribution in [0.15, 0.2) is 6.07 Å². The van der Waals surface area contributed by atoms with E-state index in [2.05, 4.69) is 29.1 Å². The molecule has 0 aromatic carbocycles. The second-order valence-corrected chi connectivity index (χ2v) is 5.08. The van der Waals surface area contributed by atoms with Crippen LogP contribution in [0.2, 0.25) is 0 Å². The number of nitrogen functional groups attached to an aromatic ring is 1. The van der Waals surface area contributed by atoms with Crippen molar-refractivity contribution in [3.63, 3.8) is 0 Å². The molecular formula is C13H22N4O. The highest BCUT2D eigenvalue weighted by atomic mass is 16.3. The van der Waals surface area contributed by atoms with Crippen LogP contribution in [0.25, 0.3) is 0 Å². The van der Waals surface area contributed by atoms with E-state index in [9.17, 15) is 5.11 Å². The molecule has 2 rings (SSSR count). The van der Waals surface area contributed by atoms with Gasteiger partial charge in [-0.1, -0.05) is 13.8 Å². The van der Waals surface area contributed by atoms with Crippen LogP contribution >= 0.6 is 0 Å². The van der Waals surface area contributed by atoms with Crippen molar-refractivity contribution >= 4 is 11.6 Å². The molecule has 4 N–H and O–H groups in total. The summed E-state index contributed by atoms with van der Waals surface area (Å²) in [7, 11) is 0. The summed E-state index contributed by atoms with van der Waals surface area (Å²) in [5.74, 6) is 2.52. The number of hydrogen-bond acceptors (Lipinski definition) is 5. The number of nitrogens with one attached hydrogen (secondary N) is 1. The van der Waals surface area contributed by atoms with E-state index in [4.69, 9.17) is 5.73 Å². The standard InChI is InChI=1S/C13H22N4O/c1-3-13(4-2,8-18)17-11-7-10(14)15-12(16-11)9-5-6-9/h7,9,18H,3-6,8H2,1-2H3,(H3,14,15,16,17). The summed E-state index contributed by atoms with van der Waals surface area (Å²) in [6.07, 6.45) is 3.97. The van der Waals surface area contributed by atoms with Gasteiger partial charge in [-0.05, 0) is 25.7 Å². The maximum Gasteiger partial charge on any atom is 0.136 e. The smallest absolute Gasteiger partial charge is 0.136 e. The quantitative estimate of drug-likeness (QED) is 0.718. The molecule has 100 valence electrons. The molecule has 0 amide bonds. The molecule has 18 heavy (non-hydrogen) atoms. The topological polar surface area (TPSA) is 84.1 Å². The Hall–Kier alpha value is -1.36. The molecule has 1 saturated carbocycles. The normalized spacial score (nSPS) is 15.7. The number of aliphatic hydroxyl groups excluding tert-OH is 1. The fourth-order valence-corrected chi connectivity index (χ4v) is 2.04. The lowest BCUT2D eigenvalue weighted by Gasteiger charge is -2.31. The Morgan fingerprint density at radius 1 is 1.39 bits per heavy atom. The number of hydrogen-bond donors (Lipinski definition) is 3. The van der Waals surface area contributed by atoms with E-state index >= 15 is 0 Å². The van der Waals surface area contributed by atoms with Crippen molar-refractivity contribution in [2.45, 2.75) is 51.0 Å². The van der Waals surface area contributed by atoms with Gasteiger partial charge < -0.3 is 16.2 Å². The van der Waals surface area contributed by atoms with Crippen molar-refractivity contribution in [3.8, 4) is 0 Å². The van der Waals surface area contributed by atoms with Crippen molar-refractivity contribution in [2.75, 3.05) is 17.7 Å². The van der Waals surface area contributed by atoms with E-state index < -0.39 is 0 Å². The first-order chi connectivity index (χ1) is 8.62. The monoisotopic (exact) mass is 250 g/mol. The average Bonchev–Trinajstić information content (AvgIpc) is 3.20. The van der Waals surface area contributed by atoms with E-state index in [1.807, 2.05) is 0 Å². The molecule has 1 fully saturated rings. The van der Waals surface area contributed by atoms with E-state index in [0.717, 1.165) is 37.3 Å². The van der Waals surface area contributed by atoms with E-state index in [1.165, 1.54) is 0 Å². The number of nitrogens with zero attached hydrogens (tertiary/aromatic N) is 2. The number of rotatable bonds is 6. The maximum atomic E-state index is 9.56. The Morgan fingerprint density at radius 2 is 2.06 bits per heavy atom. The molecule has 0 saturated heterocycles. The largest absolute Gasteiger partial charge is 0.394 e.